The third kappa shape index (κ3) is 2.81. The molecule has 2 rings (SSSR count). The molecule has 0 saturated carbocycles. The van der Waals surface area contributed by atoms with E-state index in [-0.39, 0.29) is 0 Å². The van der Waals surface area contributed by atoms with Gasteiger partial charge in [0, 0.05) is 11.8 Å². The van der Waals surface area contributed by atoms with E-state index in [1.165, 1.54) is 17.9 Å². The summed E-state index contributed by atoms with van der Waals surface area (Å²) >= 11 is 2.02. The molecule has 0 aliphatic carbocycles. The number of hydrogen-bond donors (Lipinski definition) is 1. The molecule has 0 spiro atoms. The van der Waals surface area contributed by atoms with Gasteiger partial charge in [0.25, 0.3) is 0 Å². The highest BCUT2D eigenvalue weighted by Crippen LogP contribution is 2.27. The summed E-state index contributed by atoms with van der Waals surface area (Å²) in [7, 11) is 0. The summed E-state index contributed by atoms with van der Waals surface area (Å²) in [4.78, 5) is 0. The van der Waals surface area contributed by atoms with E-state index in [0.29, 0.717) is 6.04 Å². The van der Waals surface area contributed by atoms with Gasteiger partial charge in [0.05, 0.1) is 12.3 Å². The normalized spacial score (nSPS) is 20.2. The SMILES string of the molecule is CCOc1ccccc1N[C@@H]1CCSC1. The van der Waals surface area contributed by atoms with Gasteiger partial charge in [-0.1, -0.05) is 12.1 Å². The van der Waals surface area contributed by atoms with Gasteiger partial charge in [-0.05, 0) is 31.2 Å². The van der Waals surface area contributed by atoms with Crippen molar-refractivity contribution in [3.05, 3.63) is 24.3 Å². The molecule has 1 atom stereocenters. The Balaban J connectivity index is 2.05. The second-order valence-corrected chi connectivity index (χ2v) is 4.78. The predicted octanol–water partition coefficient (Wildman–Crippen LogP) is 3.00. The lowest BCUT2D eigenvalue weighted by Crippen LogP contribution is -2.18. The number of benzene rings is 1. The van der Waals surface area contributed by atoms with Crippen LogP contribution in [-0.2, 0) is 0 Å². The summed E-state index contributed by atoms with van der Waals surface area (Å²) < 4.78 is 5.58. The van der Waals surface area contributed by atoms with Crippen molar-refractivity contribution in [2.45, 2.75) is 19.4 Å². The van der Waals surface area contributed by atoms with E-state index in [0.717, 1.165) is 18.0 Å². The van der Waals surface area contributed by atoms with Crippen molar-refractivity contribution < 1.29 is 4.74 Å². The zero-order chi connectivity index (χ0) is 10.5. The molecule has 15 heavy (non-hydrogen) atoms. The largest absolute Gasteiger partial charge is 0.492 e. The Morgan fingerprint density at radius 2 is 2.33 bits per heavy atom. The van der Waals surface area contributed by atoms with Gasteiger partial charge >= 0.3 is 0 Å². The lowest BCUT2D eigenvalue weighted by atomic mass is 10.2. The van der Waals surface area contributed by atoms with Crippen LogP contribution in [-0.4, -0.2) is 24.2 Å². The zero-order valence-electron chi connectivity index (χ0n) is 9.03. The fourth-order valence-corrected chi connectivity index (χ4v) is 2.89. The molecule has 1 aromatic carbocycles. The Labute approximate surface area is 95.4 Å². The molecule has 1 saturated heterocycles. The number of ether oxygens (including phenoxy) is 1. The first-order chi connectivity index (χ1) is 7.40. The number of anilines is 1. The standard InChI is InChI=1S/C12H17NOS/c1-2-14-12-6-4-3-5-11(12)13-10-7-8-15-9-10/h3-6,10,13H,2,7-9H2,1H3/t10-/m1/s1. The van der Waals surface area contributed by atoms with E-state index in [1.54, 1.807) is 0 Å². The first-order valence-electron chi connectivity index (χ1n) is 5.46. The van der Waals surface area contributed by atoms with Crippen molar-refractivity contribution in [1.29, 1.82) is 0 Å². The second-order valence-electron chi connectivity index (χ2n) is 3.63. The molecule has 0 radical (unpaired) electrons. The zero-order valence-corrected chi connectivity index (χ0v) is 9.85. The third-order valence-electron chi connectivity index (χ3n) is 2.48. The summed E-state index contributed by atoms with van der Waals surface area (Å²) in [5.74, 6) is 3.45. The van der Waals surface area contributed by atoms with Crippen molar-refractivity contribution in [2.24, 2.45) is 0 Å². The van der Waals surface area contributed by atoms with E-state index >= 15 is 0 Å². The first kappa shape index (κ1) is 10.7. The lowest BCUT2D eigenvalue weighted by Gasteiger charge is -2.16. The quantitative estimate of drug-likeness (QED) is 0.848. The smallest absolute Gasteiger partial charge is 0.142 e. The molecule has 0 unspecified atom stereocenters. The molecule has 0 amide bonds. The van der Waals surface area contributed by atoms with E-state index in [4.69, 9.17) is 4.74 Å². The topological polar surface area (TPSA) is 21.3 Å². The molecule has 82 valence electrons. The van der Waals surface area contributed by atoms with E-state index in [9.17, 15) is 0 Å². The summed E-state index contributed by atoms with van der Waals surface area (Å²) in [6.07, 6.45) is 1.26. The summed E-state index contributed by atoms with van der Waals surface area (Å²) in [6, 6.07) is 8.78. The van der Waals surface area contributed by atoms with E-state index < -0.39 is 0 Å². The first-order valence-corrected chi connectivity index (χ1v) is 6.61. The van der Waals surface area contributed by atoms with Crippen LogP contribution in [0, 0.1) is 0 Å². The highest BCUT2D eigenvalue weighted by Gasteiger charge is 2.16. The van der Waals surface area contributed by atoms with Gasteiger partial charge in [-0.3, -0.25) is 0 Å². The number of hydrogen-bond acceptors (Lipinski definition) is 3. The molecular formula is C12H17NOS. The van der Waals surface area contributed by atoms with Crippen molar-refractivity contribution in [3.63, 3.8) is 0 Å². The van der Waals surface area contributed by atoms with Gasteiger partial charge in [-0.15, -0.1) is 0 Å². The van der Waals surface area contributed by atoms with Crippen LogP contribution in [0.15, 0.2) is 24.3 Å². The predicted molar refractivity (Wildman–Crippen MR) is 67.0 cm³/mol. The molecule has 1 heterocycles. The maximum Gasteiger partial charge on any atom is 0.142 e. The van der Waals surface area contributed by atoms with Crippen molar-refractivity contribution in [2.75, 3.05) is 23.4 Å². The van der Waals surface area contributed by atoms with Gasteiger partial charge in [-0.25, -0.2) is 0 Å². The molecule has 1 fully saturated rings. The third-order valence-corrected chi connectivity index (χ3v) is 3.64. The highest BCUT2D eigenvalue weighted by atomic mass is 32.2. The Bertz CT molecular complexity index is 310. The molecule has 1 aromatic rings. The summed E-state index contributed by atoms with van der Waals surface area (Å²) in [5, 5.41) is 3.55. The summed E-state index contributed by atoms with van der Waals surface area (Å²) in [5.41, 5.74) is 1.13. The van der Waals surface area contributed by atoms with Crippen LogP contribution in [0.5, 0.6) is 5.75 Å². The van der Waals surface area contributed by atoms with Crippen LogP contribution in [0.2, 0.25) is 0 Å². The molecule has 0 aromatic heterocycles. The average Bonchev–Trinajstić information content (AvgIpc) is 2.74. The monoisotopic (exact) mass is 223 g/mol. The van der Waals surface area contributed by atoms with Crippen LogP contribution in [0.4, 0.5) is 5.69 Å². The number of nitrogens with one attached hydrogen (secondary N) is 1. The average molecular weight is 223 g/mol. The van der Waals surface area contributed by atoms with Gasteiger partial charge in [0.1, 0.15) is 5.75 Å². The van der Waals surface area contributed by atoms with Crippen LogP contribution in [0.3, 0.4) is 0 Å². The van der Waals surface area contributed by atoms with Gasteiger partial charge in [0.2, 0.25) is 0 Å². The van der Waals surface area contributed by atoms with E-state index in [2.05, 4.69) is 11.4 Å². The molecule has 1 aliphatic rings. The van der Waals surface area contributed by atoms with Gasteiger partial charge in [-0.2, -0.15) is 11.8 Å². The minimum Gasteiger partial charge on any atom is -0.492 e. The van der Waals surface area contributed by atoms with Crippen molar-refractivity contribution in [3.8, 4) is 5.75 Å². The fourth-order valence-electron chi connectivity index (χ4n) is 1.74. The highest BCUT2D eigenvalue weighted by molar-refractivity contribution is 7.99. The Hall–Kier alpha value is -0.830. The van der Waals surface area contributed by atoms with Crippen molar-refractivity contribution in [1.82, 2.24) is 0 Å². The molecule has 0 bridgehead atoms. The molecule has 3 heteroatoms. The molecule has 1 N–H and O–H groups in total. The van der Waals surface area contributed by atoms with Crippen LogP contribution >= 0.6 is 11.8 Å². The number of thioether (sulfide) groups is 1. The van der Waals surface area contributed by atoms with Crippen LogP contribution in [0.1, 0.15) is 13.3 Å². The number of para-hydroxylation sites is 2. The Kier molecular flexibility index (Phi) is 3.78. The van der Waals surface area contributed by atoms with Gasteiger partial charge < -0.3 is 10.1 Å². The maximum atomic E-state index is 5.58. The molecule has 2 nitrogen and oxygen atoms in total. The Morgan fingerprint density at radius 3 is 3.07 bits per heavy atom. The van der Waals surface area contributed by atoms with E-state index in [1.807, 2.05) is 36.9 Å². The van der Waals surface area contributed by atoms with Gasteiger partial charge in [0.15, 0.2) is 0 Å². The Morgan fingerprint density at radius 1 is 1.47 bits per heavy atom. The maximum absolute atomic E-state index is 5.58. The second kappa shape index (κ2) is 5.31. The minimum atomic E-state index is 0.608. The van der Waals surface area contributed by atoms with Crippen LogP contribution in [0.25, 0.3) is 0 Å². The van der Waals surface area contributed by atoms with Crippen LogP contribution < -0.4 is 10.1 Å². The summed E-state index contributed by atoms with van der Waals surface area (Å²) in [6.45, 7) is 2.74. The molecule has 1 aliphatic heterocycles. The molecular weight excluding hydrogens is 206 g/mol. The van der Waals surface area contributed by atoms with Crippen molar-refractivity contribution >= 4 is 17.4 Å². The fraction of sp³-hybridized carbons (Fsp3) is 0.500. The number of rotatable bonds is 4. The lowest BCUT2D eigenvalue weighted by molar-refractivity contribution is 0.341. The minimum absolute atomic E-state index is 0.608.